The van der Waals surface area contributed by atoms with Gasteiger partial charge in [-0.15, -0.1) is 0 Å². The summed E-state index contributed by atoms with van der Waals surface area (Å²) in [5.74, 6) is 0.655. The number of fused-ring (bicyclic) bond motifs is 1. The number of hydrogen-bond donors (Lipinski definition) is 4. The van der Waals surface area contributed by atoms with Gasteiger partial charge in [0, 0.05) is 23.8 Å². The molecule has 0 aromatic heterocycles. The molecule has 6 heteroatoms. The number of likely N-dealkylation sites (N-methyl/N-ethyl adjacent to an activating group) is 1. The van der Waals surface area contributed by atoms with Gasteiger partial charge in [0.05, 0.1) is 12.7 Å². The van der Waals surface area contributed by atoms with Gasteiger partial charge in [-0.05, 0) is 51.5 Å². The van der Waals surface area contributed by atoms with Crippen molar-refractivity contribution >= 4 is 0 Å². The van der Waals surface area contributed by atoms with Crippen LogP contribution in [0.4, 0.5) is 4.39 Å². The van der Waals surface area contributed by atoms with Crippen LogP contribution in [0, 0.1) is 5.92 Å². The van der Waals surface area contributed by atoms with Crippen LogP contribution in [-0.2, 0) is 4.74 Å². The number of halogens is 1. The summed E-state index contributed by atoms with van der Waals surface area (Å²) in [6.07, 6.45) is 9.54. The van der Waals surface area contributed by atoms with E-state index in [-0.39, 0.29) is 18.8 Å². The Morgan fingerprint density at radius 1 is 1.36 bits per heavy atom. The molecule has 6 atom stereocenters. The van der Waals surface area contributed by atoms with Crippen molar-refractivity contribution < 1.29 is 14.2 Å². The highest BCUT2D eigenvalue weighted by Gasteiger charge is 2.35. The van der Waals surface area contributed by atoms with Gasteiger partial charge in [-0.3, -0.25) is 0 Å². The van der Waals surface area contributed by atoms with Gasteiger partial charge in [0.25, 0.3) is 0 Å². The molecule has 5 N–H and O–H groups in total. The summed E-state index contributed by atoms with van der Waals surface area (Å²) in [5, 5.41) is 16.6. The predicted octanol–water partition coefficient (Wildman–Crippen LogP) is 1.38. The molecule has 1 aliphatic heterocycles. The normalized spacial score (nSPS) is 37.0. The third-order valence-corrected chi connectivity index (χ3v) is 5.96. The van der Waals surface area contributed by atoms with Gasteiger partial charge in [-0.2, -0.15) is 0 Å². The molecule has 1 saturated heterocycles. The number of ether oxygens (including phenoxy) is 1. The standard InChI is InChI=1S/C19H32FN3O2/c1-22-18-6-3-13(9-19(18)25-11-15(24)10-20)16-5-2-12-8-14(21)4-7-17(12)23-16/h3-4,12,15-19,22-24H,2,5-11,21H2,1H3/t12-,15?,16?,17?,18?,19?/m1/s1. The summed E-state index contributed by atoms with van der Waals surface area (Å²) in [6.45, 7) is -0.705. The topological polar surface area (TPSA) is 79.5 Å². The maximum Gasteiger partial charge on any atom is 0.118 e. The molecule has 0 aromatic carbocycles. The lowest BCUT2D eigenvalue weighted by Crippen LogP contribution is -2.51. The molecule has 2 aliphatic carbocycles. The summed E-state index contributed by atoms with van der Waals surface area (Å²) in [4.78, 5) is 0. The van der Waals surface area contributed by atoms with Crippen molar-refractivity contribution in [3.05, 3.63) is 23.4 Å². The molecule has 5 unspecified atom stereocenters. The van der Waals surface area contributed by atoms with Crippen LogP contribution in [0.3, 0.4) is 0 Å². The van der Waals surface area contributed by atoms with Gasteiger partial charge < -0.3 is 26.2 Å². The fraction of sp³-hybridized carbons (Fsp3) is 0.789. The molecule has 0 spiro atoms. The minimum absolute atomic E-state index is 0.0207. The van der Waals surface area contributed by atoms with E-state index >= 15 is 0 Å². The molecule has 0 saturated carbocycles. The molecule has 1 heterocycles. The number of aliphatic hydroxyl groups excluding tert-OH is 1. The van der Waals surface area contributed by atoms with Crippen molar-refractivity contribution in [3.63, 3.8) is 0 Å². The largest absolute Gasteiger partial charge is 0.402 e. The zero-order valence-electron chi connectivity index (χ0n) is 15.1. The SMILES string of the molecule is CNC1CC=C(C2CC[C@@H]3CC(N)=CCC3N2)CC1OCC(O)CF. The van der Waals surface area contributed by atoms with Crippen LogP contribution >= 0.6 is 0 Å². The summed E-state index contributed by atoms with van der Waals surface area (Å²) in [7, 11) is 1.92. The van der Waals surface area contributed by atoms with Crippen molar-refractivity contribution in [2.75, 3.05) is 20.3 Å². The zero-order valence-corrected chi connectivity index (χ0v) is 15.1. The van der Waals surface area contributed by atoms with Crippen molar-refractivity contribution in [2.24, 2.45) is 11.7 Å². The van der Waals surface area contributed by atoms with E-state index in [0.29, 0.717) is 18.0 Å². The zero-order chi connectivity index (χ0) is 17.8. The lowest BCUT2D eigenvalue weighted by Gasteiger charge is -2.42. The number of allylic oxidation sites excluding steroid dienone is 1. The van der Waals surface area contributed by atoms with Crippen LogP contribution in [0.1, 0.15) is 38.5 Å². The highest BCUT2D eigenvalue weighted by molar-refractivity contribution is 5.20. The number of nitrogens with two attached hydrogens (primary N) is 1. The molecule has 5 nitrogen and oxygen atoms in total. The first-order valence-corrected chi connectivity index (χ1v) is 9.53. The Morgan fingerprint density at radius 2 is 2.20 bits per heavy atom. The van der Waals surface area contributed by atoms with Crippen LogP contribution in [0.15, 0.2) is 23.4 Å². The summed E-state index contributed by atoms with van der Waals surface area (Å²) >= 11 is 0. The van der Waals surface area contributed by atoms with Gasteiger partial charge in [0.2, 0.25) is 0 Å². The fourth-order valence-corrected chi connectivity index (χ4v) is 4.45. The second-order valence-electron chi connectivity index (χ2n) is 7.68. The number of nitrogens with one attached hydrogen (secondary N) is 2. The van der Waals surface area contributed by atoms with Crippen molar-refractivity contribution in [3.8, 4) is 0 Å². The Kier molecular flexibility index (Phi) is 6.49. The Bertz CT molecular complexity index is 511. The molecular weight excluding hydrogens is 321 g/mol. The van der Waals surface area contributed by atoms with Gasteiger partial charge >= 0.3 is 0 Å². The number of aliphatic hydroxyl groups is 1. The maximum atomic E-state index is 12.5. The van der Waals surface area contributed by atoms with E-state index in [4.69, 9.17) is 10.5 Å². The van der Waals surface area contributed by atoms with E-state index in [1.54, 1.807) is 0 Å². The first-order valence-electron chi connectivity index (χ1n) is 9.53. The molecule has 3 aliphatic rings. The predicted molar refractivity (Wildman–Crippen MR) is 96.8 cm³/mol. The third-order valence-electron chi connectivity index (χ3n) is 5.96. The molecule has 0 radical (unpaired) electrons. The van der Waals surface area contributed by atoms with Gasteiger partial charge in [-0.1, -0.05) is 17.7 Å². The van der Waals surface area contributed by atoms with Crippen molar-refractivity contribution in [1.29, 1.82) is 0 Å². The molecular formula is C19H32FN3O2. The highest BCUT2D eigenvalue weighted by atomic mass is 19.1. The average molecular weight is 353 g/mol. The summed E-state index contributed by atoms with van der Waals surface area (Å²) in [6, 6.07) is 1.12. The average Bonchev–Trinajstić information content (AvgIpc) is 2.65. The molecule has 0 aromatic rings. The Balaban J connectivity index is 1.59. The second kappa shape index (κ2) is 8.62. The van der Waals surface area contributed by atoms with Gasteiger partial charge in [0.15, 0.2) is 0 Å². The van der Waals surface area contributed by atoms with Crippen molar-refractivity contribution in [2.45, 2.75) is 68.9 Å². The highest BCUT2D eigenvalue weighted by Crippen LogP contribution is 2.35. The second-order valence-corrected chi connectivity index (χ2v) is 7.68. The van der Waals surface area contributed by atoms with Crippen LogP contribution in [0.5, 0.6) is 0 Å². The maximum absolute atomic E-state index is 12.5. The number of piperidine rings is 1. The minimum Gasteiger partial charge on any atom is -0.402 e. The van der Waals surface area contributed by atoms with E-state index < -0.39 is 12.8 Å². The lowest BCUT2D eigenvalue weighted by atomic mass is 9.76. The molecule has 0 amide bonds. The molecule has 25 heavy (non-hydrogen) atoms. The molecule has 142 valence electrons. The van der Waals surface area contributed by atoms with Crippen LogP contribution in [-0.4, -0.2) is 55.8 Å². The van der Waals surface area contributed by atoms with Crippen LogP contribution in [0.25, 0.3) is 0 Å². The van der Waals surface area contributed by atoms with E-state index in [0.717, 1.165) is 37.8 Å². The molecule has 0 bridgehead atoms. The molecule has 1 fully saturated rings. The Labute approximate surface area is 149 Å². The number of alkyl halides is 1. The Hall–Kier alpha value is -0.950. The third kappa shape index (κ3) is 4.61. The van der Waals surface area contributed by atoms with Crippen LogP contribution in [0.2, 0.25) is 0 Å². The lowest BCUT2D eigenvalue weighted by molar-refractivity contribution is -0.0328. The van der Waals surface area contributed by atoms with Gasteiger partial charge in [0.1, 0.15) is 12.8 Å². The quantitative estimate of drug-likeness (QED) is 0.543. The van der Waals surface area contributed by atoms with Gasteiger partial charge in [-0.25, -0.2) is 4.39 Å². The van der Waals surface area contributed by atoms with E-state index in [2.05, 4.69) is 22.8 Å². The monoisotopic (exact) mass is 353 g/mol. The molecule has 3 rings (SSSR count). The van der Waals surface area contributed by atoms with E-state index in [1.807, 2.05) is 7.05 Å². The van der Waals surface area contributed by atoms with E-state index in [9.17, 15) is 9.50 Å². The number of hydrogen-bond acceptors (Lipinski definition) is 5. The van der Waals surface area contributed by atoms with Crippen molar-refractivity contribution in [1.82, 2.24) is 10.6 Å². The summed E-state index contributed by atoms with van der Waals surface area (Å²) in [5.41, 5.74) is 8.42. The first-order chi connectivity index (χ1) is 12.1. The Morgan fingerprint density at radius 3 is 2.96 bits per heavy atom. The smallest absolute Gasteiger partial charge is 0.118 e. The number of rotatable bonds is 6. The summed E-state index contributed by atoms with van der Waals surface area (Å²) < 4.78 is 18.3. The minimum atomic E-state index is -1.03. The first kappa shape index (κ1) is 18.8. The fourth-order valence-electron chi connectivity index (χ4n) is 4.45. The van der Waals surface area contributed by atoms with Crippen LogP contribution < -0.4 is 16.4 Å². The van der Waals surface area contributed by atoms with E-state index in [1.165, 1.54) is 12.0 Å².